The molecule has 2 rings (SSSR count). The molecule has 1 fully saturated rings. The number of carbonyl (C=O) groups is 1. The Kier molecular flexibility index (Phi) is 2.87. The van der Waals surface area contributed by atoms with Gasteiger partial charge in [0.1, 0.15) is 11.9 Å². The average molecular weight is 261 g/mol. The van der Waals surface area contributed by atoms with Crippen molar-refractivity contribution in [1.82, 2.24) is 9.55 Å². The number of aliphatic hydroxyl groups excluding tert-OH is 1. The summed E-state index contributed by atoms with van der Waals surface area (Å²) in [5.74, 6) is -3.92. The van der Waals surface area contributed by atoms with E-state index in [2.05, 4.69) is 9.72 Å². The van der Waals surface area contributed by atoms with Crippen LogP contribution in [0.2, 0.25) is 0 Å². The van der Waals surface area contributed by atoms with E-state index in [4.69, 9.17) is 5.73 Å². The Hall–Kier alpha value is -1.87. The summed E-state index contributed by atoms with van der Waals surface area (Å²) in [6.07, 6.45) is -5.10. The molecule has 0 spiro atoms. The van der Waals surface area contributed by atoms with Crippen LogP contribution in [-0.4, -0.2) is 39.1 Å². The third kappa shape index (κ3) is 1.77. The molecule has 1 aromatic heterocycles. The van der Waals surface area contributed by atoms with Gasteiger partial charge in [0.25, 0.3) is 0 Å². The number of nitrogens with zero attached hydrogens (tertiary/aromatic N) is 2. The van der Waals surface area contributed by atoms with Gasteiger partial charge in [-0.2, -0.15) is 13.8 Å². The molecule has 3 unspecified atom stereocenters. The minimum atomic E-state index is -3.78. The lowest BCUT2D eigenvalue weighted by molar-refractivity contribution is -0.141. The fraction of sp³-hybridized carbons (Fsp3) is 0.444. The first-order valence-corrected chi connectivity index (χ1v) is 4.89. The maximum absolute atomic E-state index is 13.7. The van der Waals surface area contributed by atoms with Gasteiger partial charge < -0.3 is 20.4 Å². The average Bonchev–Trinajstić information content (AvgIpc) is 2.52. The summed E-state index contributed by atoms with van der Waals surface area (Å²) in [4.78, 5) is 25.1. The second-order valence-electron chi connectivity index (χ2n) is 3.75. The second kappa shape index (κ2) is 4.10. The van der Waals surface area contributed by atoms with Crippen LogP contribution >= 0.6 is 0 Å². The summed E-state index contributed by atoms with van der Waals surface area (Å²) < 4.78 is 32.4. The summed E-state index contributed by atoms with van der Waals surface area (Å²) in [7, 11) is 0. The molecule has 3 N–H and O–H groups in total. The molecule has 98 valence electrons. The van der Waals surface area contributed by atoms with Crippen molar-refractivity contribution in [3.63, 3.8) is 0 Å². The number of nitrogen functional groups attached to an aromatic ring is 1. The maximum atomic E-state index is 13.7. The van der Waals surface area contributed by atoms with E-state index >= 15 is 0 Å². The quantitative estimate of drug-likeness (QED) is 0.655. The number of halogens is 2. The van der Waals surface area contributed by atoms with Crippen LogP contribution in [0.1, 0.15) is 6.23 Å². The zero-order valence-corrected chi connectivity index (χ0v) is 8.86. The van der Waals surface area contributed by atoms with E-state index in [0.717, 1.165) is 12.3 Å². The molecule has 0 aliphatic carbocycles. The van der Waals surface area contributed by atoms with Crippen LogP contribution in [0.3, 0.4) is 0 Å². The van der Waals surface area contributed by atoms with Gasteiger partial charge in [0.2, 0.25) is 6.23 Å². The zero-order chi connectivity index (χ0) is 13.5. The molecule has 0 amide bonds. The molecule has 1 aliphatic heterocycles. The van der Waals surface area contributed by atoms with Gasteiger partial charge in [-0.25, -0.2) is 4.79 Å². The lowest BCUT2D eigenvalue weighted by Gasteiger charge is -2.20. The highest BCUT2D eigenvalue weighted by atomic mass is 19.3. The molecule has 2 heterocycles. The van der Waals surface area contributed by atoms with Crippen LogP contribution in [0.5, 0.6) is 0 Å². The Bertz CT molecular complexity index is 533. The second-order valence-corrected chi connectivity index (χ2v) is 3.75. The number of ether oxygens (including phenoxy) is 1. The van der Waals surface area contributed by atoms with E-state index in [1.165, 1.54) is 0 Å². The van der Waals surface area contributed by atoms with Crippen molar-refractivity contribution < 1.29 is 23.4 Å². The van der Waals surface area contributed by atoms with Crippen LogP contribution in [0.4, 0.5) is 14.6 Å². The standard InChI is InChI=1S/C9H9F2N3O4/c10-9(11)6(16)4(3-15)18-7(9)14-2-1-5(12)13-8(14)17/h1-4,6-7,16H,(H2,12,13,17). The molecule has 0 aromatic carbocycles. The van der Waals surface area contributed by atoms with E-state index in [1.54, 1.807) is 0 Å². The third-order valence-corrected chi connectivity index (χ3v) is 2.56. The van der Waals surface area contributed by atoms with E-state index in [0.29, 0.717) is 4.57 Å². The van der Waals surface area contributed by atoms with Gasteiger partial charge in [0, 0.05) is 6.20 Å². The molecule has 18 heavy (non-hydrogen) atoms. The maximum Gasteiger partial charge on any atom is 0.351 e. The van der Waals surface area contributed by atoms with Crippen molar-refractivity contribution in [2.24, 2.45) is 0 Å². The van der Waals surface area contributed by atoms with Gasteiger partial charge in [0.15, 0.2) is 12.4 Å². The van der Waals surface area contributed by atoms with E-state index in [1.807, 2.05) is 0 Å². The normalized spacial score (nSPS) is 30.3. The Morgan fingerprint density at radius 3 is 2.78 bits per heavy atom. The van der Waals surface area contributed by atoms with Gasteiger partial charge in [-0.05, 0) is 6.07 Å². The molecule has 0 radical (unpaired) electrons. The van der Waals surface area contributed by atoms with E-state index in [9.17, 15) is 23.5 Å². The van der Waals surface area contributed by atoms with Crippen LogP contribution in [-0.2, 0) is 9.53 Å². The molecule has 1 aromatic rings. The van der Waals surface area contributed by atoms with Gasteiger partial charge in [-0.15, -0.1) is 0 Å². The highest BCUT2D eigenvalue weighted by molar-refractivity contribution is 5.58. The summed E-state index contributed by atoms with van der Waals surface area (Å²) in [5.41, 5.74) is 4.16. The molecule has 0 bridgehead atoms. The summed E-state index contributed by atoms with van der Waals surface area (Å²) >= 11 is 0. The smallest absolute Gasteiger partial charge is 0.351 e. The SMILES string of the molecule is Nc1ccn(C2OC(C=O)C(O)C2(F)F)c(=O)n1. The zero-order valence-electron chi connectivity index (χ0n) is 8.86. The number of aromatic nitrogens is 2. The number of aliphatic hydroxyl groups is 1. The minimum absolute atomic E-state index is 0.0499. The van der Waals surface area contributed by atoms with Gasteiger partial charge in [0.05, 0.1) is 0 Å². The molecule has 0 saturated carbocycles. The van der Waals surface area contributed by atoms with Gasteiger partial charge in [-0.1, -0.05) is 0 Å². The van der Waals surface area contributed by atoms with E-state index in [-0.39, 0.29) is 12.1 Å². The number of carbonyl (C=O) groups excluding carboxylic acids is 1. The van der Waals surface area contributed by atoms with Crippen molar-refractivity contribution in [2.45, 2.75) is 24.4 Å². The largest absolute Gasteiger partial charge is 0.383 e. The van der Waals surface area contributed by atoms with Crippen LogP contribution in [0, 0.1) is 0 Å². The molecular weight excluding hydrogens is 252 g/mol. The van der Waals surface area contributed by atoms with Crippen LogP contribution in [0.15, 0.2) is 17.1 Å². The highest BCUT2D eigenvalue weighted by Crippen LogP contribution is 2.41. The molecule has 7 nitrogen and oxygen atoms in total. The number of anilines is 1. The first-order chi connectivity index (χ1) is 8.37. The van der Waals surface area contributed by atoms with Crippen molar-refractivity contribution in [3.8, 4) is 0 Å². The number of hydrogen-bond acceptors (Lipinski definition) is 6. The minimum Gasteiger partial charge on any atom is -0.383 e. The number of hydrogen-bond donors (Lipinski definition) is 2. The summed E-state index contributed by atoms with van der Waals surface area (Å²) in [5, 5.41) is 9.23. The molecule has 3 atom stereocenters. The first-order valence-electron chi connectivity index (χ1n) is 4.89. The summed E-state index contributed by atoms with van der Waals surface area (Å²) in [6, 6.07) is 1.13. The fourth-order valence-electron chi connectivity index (χ4n) is 1.64. The molecule has 9 heteroatoms. The van der Waals surface area contributed by atoms with Crippen molar-refractivity contribution >= 4 is 12.1 Å². The Morgan fingerprint density at radius 2 is 2.28 bits per heavy atom. The monoisotopic (exact) mass is 261 g/mol. The fourth-order valence-corrected chi connectivity index (χ4v) is 1.64. The lowest BCUT2D eigenvalue weighted by Crippen LogP contribution is -2.41. The third-order valence-electron chi connectivity index (χ3n) is 2.56. The van der Waals surface area contributed by atoms with Crippen molar-refractivity contribution in [3.05, 3.63) is 22.7 Å². The Labute approximate surface area is 98.8 Å². The predicted octanol–water partition coefficient (Wildman–Crippen LogP) is -1.08. The predicted molar refractivity (Wildman–Crippen MR) is 53.8 cm³/mol. The Balaban J connectivity index is 2.45. The molecule has 1 saturated heterocycles. The van der Waals surface area contributed by atoms with Gasteiger partial charge in [-0.3, -0.25) is 4.57 Å². The van der Waals surface area contributed by atoms with E-state index < -0.39 is 30.0 Å². The van der Waals surface area contributed by atoms with Crippen LogP contribution in [0.25, 0.3) is 0 Å². The first kappa shape index (κ1) is 12.6. The Morgan fingerprint density at radius 1 is 1.61 bits per heavy atom. The van der Waals surface area contributed by atoms with Crippen molar-refractivity contribution in [2.75, 3.05) is 5.73 Å². The number of rotatable bonds is 2. The summed E-state index contributed by atoms with van der Waals surface area (Å²) in [6.45, 7) is 0. The van der Waals surface area contributed by atoms with Gasteiger partial charge >= 0.3 is 11.6 Å². The number of nitrogens with two attached hydrogens (primary N) is 1. The van der Waals surface area contributed by atoms with Crippen molar-refractivity contribution in [1.29, 1.82) is 0 Å². The number of aldehydes is 1. The lowest BCUT2D eigenvalue weighted by atomic mass is 10.1. The molecular formula is C9H9F2N3O4. The highest BCUT2D eigenvalue weighted by Gasteiger charge is 2.59. The molecule has 1 aliphatic rings. The van der Waals surface area contributed by atoms with Crippen LogP contribution < -0.4 is 11.4 Å². The topological polar surface area (TPSA) is 107 Å². The number of alkyl halides is 2.